The second-order valence-electron chi connectivity index (χ2n) is 3.37. The summed E-state index contributed by atoms with van der Waals surface area (Å²) in [5, 5.41) is 2.02. The summed E-state index contributed by atoms with van der Waals surface area (Å²) in [6.45, 7) is 3.06. The van der Waals surface area contributed by atoms with Gasteiger partial charge in [-0.2, -0.15) is 8.42 Å². The first kappa shape index (κ1) is 11.8. The van der Waals surface area contributed by atoms with E-state index >= 15 is 0 Å². The minimum atomic E-state index is -3.63. The minimum absolute atomic E-state index is 0.575. The molecule has 1 aliphatic heterocycles. The van der Waals surface area contributed by atoms with Gasteiger partial charge in [-0.1, -0.05) is 12.3 Å². The van der Waals surface area contributed by atoms with Gasteiger partial charge in [-0.25, -0.2) is 0 Å². The van der Waals surface area contributed by atoms with Crippen molar-refractivity contribution in [3.05, 3.63) is 0 Å². The first-order valence-electron chi connectivity index (χ1n) is 4.74. The number of halogens is 1. The van der Waals surface area contributed by atoms with Crippen molar-refractivity contribution in [2.24, 2.45) is 0 Å². The van der Waals surface area contributed by atoms with E-state index in [0.29, 0.717) is 6.42 Å². The highest BCUT2D eigenvalue weighted by Gasteiger charge is 2.08. The molecule has 80 valence electrons. The average molecular weight is 236 g/mol. The lowest BCUT2D eigenvalue weighted by Crippen LogP contribution is -2.30. The molecule has 0 aromatic rings. The Morgan fingerprint density at radius 1 is 1.21 bits per heavy atom. The molecule has 1 saturated heterocycles. The maximum atomic E-state index is 10.5. The van der Waals surface area contributed by atoms with Crippen LogP contribution in [-0.4, -0.2) is 33.0 Å². The molecule has 1 fully saturated rings. The molecule has 3 nitrogen and oxygen atoms in total. The van der Waals surface area contributed by atoms with Crippen molar-refractivity contribution in [3.63, 3.8) is 0 Å². The zero-order valence-electron chi connectivity index (χ0n) is 8.00. The van der Waals surface area contributed by atoms with Crippen molar-refractivity contribution in [1.82, 2.24) is 4.90 Å². The molecule has 0 unspecified atom stereocenters. The molecule has 0 atom stereocenters. The summed E-state index contributed by atoms with van der Waals surface area (Å²) in [6, 6.07) is 0. The number of nitrogens with zero attached hydrogens (tertiary/aromatic N) is 1. The van der Waals surface area contributed by atoms with E-state index in [4.69, 9.17) is 10.7 Å². The van der Waals surface area contributed by atoms with Crippen LogP contribution in [0.2, 0.25) is 0 Å². The summed E-state index contributed by atoms with van der Waals surface area (Å²) in [5.74, 6) is 2.56. The van der Waals surface area contributed by atoms with Crippen LogP contribution in [0, 0.1) is 11.2 Å². The zero-order valence-corrected chi connectivity index (χ0v) is 9.57. The molecular weight excluding hydrogens is 222 g/mol. The molecule has 0 spiro atoms. The summed E-state index contributed by atoms with van der Waals surface area (Å²) in [4.78, 5) is 2.30. The fraction of sp³-hybridized carbons (Fsp3) is 0.778. The molecule has 0 N–H and O–H groups in total. The summed E-state index contributed by atoms with van der Waals surface area (Å²) < 4.78 is 20.9. The third-order valence-electron chi connectivity index (χ3n) is 2.20. The third kappa shape index (κ3) is 5.48. The molecule has 0 bridgehead atoms. The topological polar surface area (TPSA) is 37.4 Å². The normalized spacial score (nSPS) is 18.6. The summed E-state index contributed by atoms with van der Waals surface area (Å²) in [7, 11) is 1.31. The van der Waals surface area contributed by atoms with Gasteiger partial charge in [-0.15, -0.1) is 0 Å². The Morgan fingerprint density at radius 3 is 2.43 bits per heavy atom. The van der Waals surface area contributed by atoms with Gasteiger partial charge < -0.3 is 4.90 Å². The number of likely N-dealkylation sites (tertiary alicyclic amines) is 1. The van der Waals surface area contributed by atoms with Gasteiger partial charge in [0, 0.05) is 28.9 Å². The van der Waals surface area contributed by atoms with Gasteiger partial charge in [-0.05, 0) is 25.9 Å². The number of piperidine rings is 1. The number of rotatable bonds is 2. The van der Waals surface area contributed by atoms with Crippen LogP contribution in [0.25, 0.3) is 0 Å². The molecule has 1 rings (SSSR count). The van der Waals surface area contributed by atoms with Crippen LogP contribution < -0.4 is 0 Å². The first-order valence-corrected chi connectivity index (χ1v) is 7.05. The van der Waals surface area contributed by atoms with Gasteiger partial charge in [-0.3, -0.25) is 0 Å². The van der Waals surface area contributed by atoms with Gasteiger partial charge in [0.15, 0.2) is 0 Å². The second kappa shape index (κ2) is 5.59. The smallest absolute Gasteiger partial charge is 0.300 e. The van der Waals surface area contributed by atoms with E-state index < -0.39 is 9.05 Å². The molecule has 14 heavy (non-hydrogen) atoms. The van der Waals surface area contributed by atoms with Gasteiger partial charge in [0.2, 0.25) is 0 Å². The predicted molar refractivity (Wildman–Crippen MR) is 57.5 cm³/mol. The van der Waals surface area contributed by atoms with E-state index in [1.807, 2.05) is 5.25 Å². The molecule has 0 aromatic heterocycles. The lowest BCUT2D eigenvalue weighted by Gasteiger charge is -2.25. The number of hydrogen-bond donors (Lipinski definition) is 0. The van der Waals surface area contributed by atoms with Crippen molar-refractivity contribution in [3.8, 4) is 11.2 Å². The van der Waals surface area contributed by atoms with Crippen molar-refractivity contribution in [2.45, 2.75) is 25.7 Å². The Kier molecular flexibility index (Phi) is 4.73. The van der Waals surface area contributed by atoms with Crippen LogP contribution in [0.4, 0.5) is 0 Å². The van der Waals surface area contributed by atoms with Crippen LogP contribution in [-0.2, 0) is 9.05 Å². The van der Waals surface area contributed by atoms with Crippen LogP contribution in [0.15, 0.2) is 0 Å². The monoisotopic (exact) mass is 235 g/mol. The maximum absolute atomic E-state index is 10.5. The summed E-state index contributed by atoms with van der Waals surface area (Å²) in [6.07, 6.45) is 4.35. The van der Waals surface area contributed by atoms with Crippen LogP contribution >= 0.6 is 10.7 Å². The highest BCUT2D eigenvalue weighted by atomic mass is 35.7. The summed E-state index contributed by atoms with van der Waals surface area (Å²) in [5.41, 5.74) is 0. The first-order chi connectivity index (χ1) is 6.58. The molecule has 0 radical (unpaired) electrons. The standard InChI is InChI=1S/C9H14ClNO2S/c10-14(12,13)9-5-4-8-11-6-2-1-3-7-11/h1-4,6-8H2. The molecule has 0 aliphatic carbocycles. The van der Waals surface area contributed by atoms with E-state index in [-0.39, 0.29) is 0 Å². The highest BCUT2D eigenvalue weighted by Crippen LogP contribution is 2.08. The number of hydrogen-bond acceptors (Lipinski definition) is 3. The zero-order chi connectivity index (χ0) is 10.4. The fourth-order valence-electron chi connectivity index (χ4n) is 1.53. The van der Waals surface area contributed by atoms with E-state index in [9.17, 15) is 8.42 Å². The van der Waals surface area contributed by atoms with Gasteiger partial charge in [0.25, 0.3) is 0 Å². The molecule has 0 amide bonds. The van der Waals surface area contributed by atoms with Crippen LogP contribution in [0.5, 0.6) is 0 Å². The lowest BCUT2D eigenvalue weighted by molar-refractivity contribution is 0.234. The summed E-state index contributed by atoms with van der Waals surface area (Å²) >= 11 is 0. The van der Waals surface area contributed by atoms with Gasteiger partial charge in [0.1, 0.15) is 0 Å². The van der Waals surface area contributed by atoms with Crippen LogP contribution in [0.1, 0.15) is 25.7 Å². The maximum Gasteiger partial charge on any atom is 0.300 e. The second-order valence-corrected chi connectivity index (χ2v) is 5.67. The molecule has 1 aliphatic rings. The molecule has 5 heteroatoms. The van der Waals surface area contributed by atoms with E-state index in [2.05, 4.69) is 10.8 Å². The van der Waals surface area contributed by atoms with E-state index in [1.54, 1.807) is 0 Å². The Bertz CT molecular complexity index is 322. The Hall–Kier alpha value is -0.240. The quantitative estimate of drug-likeness (QED) is 0.536. The highest BCUT2D eigenvalue weighted by molar-refractivity contribution is 8.17. The van der Waals surface area contributed by atoms with Crippen molar-refractivity contribution >= 4 is 19.7 Å². The van der Waals surface area contributed by atoms with Crippen LogP contribution in [0.3, 0.4) is 0 Å². The predicted octanol–water partition coefficient (Wildman–Crippen LogP) is 1.39. The van der Waals surface area contributed by atoms with E-state index in [0.717, 1.165) is 19.6 Å². The Balaban J connectivity index is 2.22. The largest absolute Gasteiger partial charge is 0.302 e. The lowest BCUT2D eigenvalue weighted by atomic mass is 10.1. The Labute approximate surface area is 89.8 Å². The molecule has 1 heterocycles. The third-order valence-corrected chi connectivity index (χ3v) is 2.82. The minimum Gasteiger partial charge on any atom is -0.302 e. The van der Waals surface area contributed by atoms with Gasteiger partial charge in [0.05, 0.1) is 0 Å². The average Bonchev–Trinajstić information content (AvgIpc) is 2.13. The molecule has 0 saturated carbocycles. The van der Waals surface area contributed by atoms with E-state index in [1.165, 1.54) is 19.3 Å². The fourth-order valence-corrected chi connectivity index (χ4v) is 1.97. The molecular formula is C9H14ClNO2S. The Morgan fingerprint density at radius 2 is 1.86 bits per heavy atom. The SMILES string of the molecule is O=S(=O)(Cl)C#CCCN1CCCCC1. The van der Waals surface area contributed by atoms with Crippen molar-refractivity contribution in [1.29, 1.82) is 0 Å². The van der Waals surface area contributed by atoms with Crippen molar-refractivity contribution in [2.75, 3.05) is 19.6 Å². The van der Waals surface area contributed by atoms with Crippen molar-refractivity contribution < 1.29 is 8.42 Å². The molecule has 0 aromatic carbocycles. The van der Waals surface area contributed by atoms with Gasteiger partial charge >= 0.3 is 9.05 Å².